The molecule has 2 aliphatic rings. The monoisotopic (exact) mass is 226 g/mol. The molecular weight excluding hydrogens is 204 g/mol. The van der Waals surface area contributed by atoms with Crippen molar-refractivity contribution in [3.63, 3.8) is 0 Å². The van der Waals surface area contributed by atoms with E-state index in [1.54, 1.807) is 0 Å². The lowest BCUT2D eigenvalue weighted by atomic mass is 10.0. The molecular formula is C12H22N2S. The summed E-state index contributed by atoms with van der Waals surface area (Å²) in [6.45, 7) is 5.96. The van der Waals surface area contributed by atoms with Crippen molar-refractivity contribution in [2.75, 3.05) is 19.6 Å². The van der Waals surface area contributed by atoms with E-state index >= 15 is 0 Å². The highest BCUT2D eigenvalue weighted by molar-refractivity contribution is 7.80. The SMILES string of the molecule is CCN(CC1CC1)CC1(CC(N)=S)CC1. The molecule has 86 valence electrons. The fraction of sp³-hybridized carbons (Fsp3) is 0.917. The van der Waals surface area contributed by atoms with Crippen molar-refractivity contribution < 1.29 is 0 Å². The van der Waals surface area contributed by atoms with Crippen molar-refractivity contribution in [3.05, 3.63) is 0 Å². The van der Waals surface area contributed by atoms with E-state index in [0.717, 1.165) is 12.3 Å². The van der Waals surface area contributed by atoms with Crippen molar-refractivity contribution in [2.45, 2.75) is 39.0 Å². The van der Waals surface area contributed by atoms with E-state index < -0.39 is 0 Å². The van der Waals surface area contributed by atoms with Gasteiger partial charge in [-0.1, -0.05) is 19.1 Å². The smallest absolute Gasteiger partial charge is 0.0733 e. The predicted octanol–water partition coefficient (Wildman–Crippen LogP) is 2.17. The van der Waals surface area contributed by atoms with E-state index in [4.69, 9.17) is 18.0 Å². The van der Waals surface area contributed by atoms with Crippen LogP contribution < -0.4 is 5.73 Å². The normalized spacial score (nSPS) is 23.1. The van der Waals surface area contributed by atoms with Gasteiger partial charge in [-0.05, 0) is 43.6 Å². The van der Waals surface area contributed by atoms with Crippen molar-refractivity contribution >= 4 is 17.2 Å². The molecule has 0 aliphatic heterocycles. The second-order valence-corrected chi connectivity index (χ2v) is 5.94. The lowest BCUT2D eigenvalue weighted by Gasteiger charge is -2.26. The number of hydrogen-bond donors (Lipinski definition) is 1. The molecule has 0 unspecified atom stereocenters. The highest BCUT2D eigenvalue weighted by Crippen LogP contribution is 2.49. The van der Waals surface area contributed by atoms with Crippen LogP contribution in [0.4, 0.5) is 0 Å². The summed E-state index contributed by atoms with van der Waals surface area (Å²) >= 11 is 5.03. The average Bonchev–Trinajstić information content (AvgIpc) is 3.02. The molecule has 0 spiro atoms. The van der Waals surface area contributed by atoms with Gasteiger partial charge in [0.1, 0.15) is 0 Å². The minimum atomic E-state index is 0.469. The summed E-state index contributed by atoms with van der Waals surface area (Å²) in [5.74, 6) is 0.991. The Hall–Kier alpha value is -0.150. The first kappa shape index (κ1) is 11.3. The van der Waals surface area contributed by atoms with Gasteiger partial charge >= 0.3 is 0 Å². The maximum Gasteiger partial charge on any atom is 0.0733 e. The third kappa shape index (κ3) is 3.42. The first-order chi connectivity index (χ1) is 7.13. The van der Waals surface area contributed by atoms with Gasteiger partial charge in [-0.25, -0.2) is 0 Å². The minimum absolute atomic E-state index is 0.469. The summed E-state index contributed by atoms with van der Waals surface area (Å²) in [4.78, 5) is 3.30. The van der Waals surface area contributed by atoms with Crippen LogP contribution in [0, 0.1) is 11.3 Å². The van der Waals surface area contributed by atoms with E-state index in [2.05, 4.69) is 11.8 Å². The molecule has 0 saturated heterocycles. The first-order valence-corrected chi connectivity index (χ1v) is 6.55. The molecule has 0 aromatic rings. The fourth-order valence-corrected chi connectivity index (χ4v) is 2.69. The number of nitrogens with two attached hydrogens (primary N) is 1. The van der Waals surface area contributed by atoms with Gasteiger partial charge in [0, 0.05) is 19.5 Å². The Morgan fingerprint density at radius 1 is 1.47 bits per heavy atom. The van der Waals surface area contributed by atoms with Crippen LogP contribution in [0.5, 0.6) is 0 Å². The Labute approximate surface area is 98.2 Å². The Morgan fingerprint density at radius 3 is 2.53 bits per heavy atom. The van der Waals surface area contributed by atoms with E-state index in [0.29, 0.717) is 10.4 Å². The van der Waals surface area contributed by atoms with Crippen LogP contribution in [-0.2, 0) is 0 Å². The number of rotatable bonds is 7. The van der Waals surface area contributed by atoms with E-state index in [1.807, 2.05) is 0 Å². The summed E-state index contributed by atoms with van der Waals surface area (Å²) in [5, 5.41) is 0. The van der Waals surface area contributed by atoms with Gasteiger partial charge < -0.3 is 10.6 Å². The van der Waals surface area contributed by atoms with E-state index in [1.165, 1.54) is 45.3 Å². The zero-order valence-corrected chi connectivity index (χ0v) is 10.5. The van der Waals surface area contributed by atoms with Crippen molar-refractivity contribution in [1.29, 1.82) is 0 Å². The second-order valence-electron chi connectivity index (χ2n) is 5.41. The topological polar surface area (TPSA) is 29.3 Å². The molecule has 0 aromatic carbocycles. The zero-order valence-electron chi connectivity index (χ0n) is 9.67. The Morgan fingerprint density at radius 2 is 2.13 bits per heavy atom. The van der Waals surface area contributed by atoms with E-state index in [-0.39, 0.29) is 0 Å². The molecule has 2 N–H and O–H groups in total. The van der Waals surface area contributed by atoms with Crippen LogP contribution in [0.15, 0.2) is 0 Å². The van der Waals surface area contributed by atoms with Crippen LogP contribution in [0.1, 0.15) is 39.0 Å². The molecule has 2 fully saturated rings. The van der Waals surface area contributed by atoms with Gasteiger partial charge in [0.15, 0.2) is 0 Å². The van der Waals surface area contributed by atoms with Crippen molar-refractivity contribution in [1.82, 2.24) is 4.90 Å². The van der Waals surface area contributed by atoms with Crippen LogP contribution in [0.3, 0.4) is 0 Å². The molecule has 0 atom stereocenters. The maximum absolute atomic E-state index is 5.66. The third-order valence-electron chi connectivity index (χ3n) is 3.73. The molecule has 2 saturated carbocycles. The standard InChI is InChI=1S/C12H22N2S/c1-2-14(8-10-3-4-10)9-12(5-6-12)7-11(13)15/h10H,2-9H2,1H3,(H2,13,15). The first-order valence-electron chi connectivity index (χ1n) is 6.14. The lowest BCUT2D eigenvalue weighted by Crippen LogP contribution is -2.33. The van der Waals surface area contributed by atoms with Crippen LogP contribution in [-0.4, -0.2) is 29.5 Å². The Bertz CT molecular complexity index is 244. The van der Waals surface area contributed by atoms with Gasteiger partial charge in [0.25, 0.3) is 0 Å². The molecule has 0 bridgehead atoms. The van der Waals surface area contributed by atoms with Gasteiger partial charge in [-0.15, -0.1) is 0 Å². The van der Waals surface area contributed by atoms with Gasteiger partial charge in [0.05, 0.1) is 4.99 Å². The lowest BCUT2D eigenvalue weighted by molar-refractivity contribution is 0.224. The van der Waals surface area contributed by atoms with Crippen molar-refractivity contribution in [3.8, 4) is 0 Å². The van der Waals surface area contributed by atoms with Crippen LogP contribution in [0.25, 0.3) is 0 Å². The van der Waals surface area contributed by atoms with Gasteiger partial charge in [-0.2, -0.15) is 0 Å². The molecule has 2 rings (SSSR count). The predicted molar refractivity (Wildman–Crippen MR) is 67.9 cm³/mol. The zero-order chi connectivity index (χ0) is 10.9. The van der Waals surface area contributed by atoms with Crippen molar-refractivity contribution in [2.24, 2.45) is 17.1 Å². The number of thiocarbonyl (C=S) groups is 1. The molecule has 0 aromatic heterocycles. The van der Waals surface area contributed by atoms with Gasteiger partial charge in [0.2, 0.25) is 0 Å². The molecule has 0 amide bonds. The second kappa shape index (κ2) is 4.38. The van der Waals surface area contributed by atoms with Crippen LogP contribution >= 0.6 is 12.2 Å². The van der Waals surface area contributed by atoms with Crippen LogP contribution in [0.2, 0.25) is 0 Å². The molecule has 0 heterocycles. The summed E-state index contributed by atoms with van der Waals surface area (Å²) in [6, 6.07) is 0. The summed E-state index contributed by atoms with van der Waals surface area (Å²) in [7, 11) is 0. The number of nitrogens with zero attached hydrogens (tertiary/aromatic N) is 1. The highest BCUT2D eigenvalue weighted by Gasteiger charge is 2.44. The Balaban J connectivity index is 1.79. The summed E-state index contributed by atoms with van der Waals surface area (Å²) in [5.41, 5.74) is 6.13. The summed E-state index contributed by atoms with van der Waals surface area (Å²) in [6.07, 6.45) is 6.50. The third-order valence-corrected chi connectivity index (χ3v) is 3.87. The largest absolute Gasteiger partial charge is 0.393 e. The highest BCUT2D eigenvalue weighted by atomic mass is 32.1. The maximum atomic E-state index is 5.66. The van der Waals surface area contributed by atoms with E-state index in [9.17, 15) is 0 Å². The molecule has 15 heavy (non-hydrogen) atoms. The van der Waals surface area contributed by atoms with Gasteiger partial charge in [-0.3, -0.25) is 0 Å². The quantitative estimate of drug-likeness (QED) is 0.675. The summed E-state index contributed by atoms with van der Waals surface area (Å²) < 4.78 is 0. The molecule has 0 radical (unpaired) electrons. The average molecular weight is 226 g/mol. The minimum Gasteiger partial charge on any atom is -0.393 e. The Kier molecular flexibility index (Phi) is 3.31. The molecule has 3 heteroatoms. The number of hydrogen-bond acceptors (Lipinski definition) is 2. The molecule has 2 aliphatic carbocycles. The fourth-order valence-electron chi connectivity index (χ4n) is 2.38. The molecule has 2 nitrogen and oxygen atoms in total.